The Labute approximate surface area is 126 Å². The molecule has 22 heavy (non-hydrogen) atoms. The van der Waals surface area contributed by atoms with E-state index in [2.05, 4.69) is 0 Å². The Kier molecular flexibility index (Phi) is 6.46. The van der Waals surface area contributed by atoms with Crippen LogP contribution in [0.4, 0.5) is 5.69 Å². The number of hydrogen-bond acceptors (Lipinski definition) is 6. The van der Waals surface area contributed by atoms with Crippen LogP contribution in [0.25, 0.3) is 0 Å². The van der Waals surface area contributed by atoms with Gasteiger partial charge in [-0.2, -0.15) is 0 Å². The first kappa shape index (κ1) is 17.6. The highest BCUT2D eigenvalue weighted by atomic mass is 16.6. The minimum Gasteiger partial charge on any atom is -0.502 e. The van der Waals surface area contributed by atoms with Crippen molar-refractivity contribution < 1.29 is 24.7 Å². The number of benzene rings is 1. The molecule has 0 saturated carbocycles. The van der Waals surface area contributed by atoms with E-state index in [4.69, 9.17) is 10.8 Å². The summed E-state index contributed by atoms with van der Waals surface area (Å²) in [4.78, 5) is 33.2. The summed E-state index contributed by atoms with van der Waals surface area (Å²) in [5.41, 5.74) is 5.11. The van der Waals surface area contributed by atoms with Gasteiger partial charge in [0.2, 0.25) is 0 Å². The highest BCUT2D eigenvalue weighted by Crippen LogP contribution is 2.27. The van der Waals surface area contributed by atoms with Gasteiger partial charge in [-0.05, 0) is 31.0 Å². The second-order valence-electron chi connectivity index (χ2n) is 4.90. The lowest BCUT2D eigenvalue weighted by Crippen LogP contribution is -2.25. The lowest BCUT2D eigenvalue weighted by molar-refractivity contribution is -0.385. The number of carbonyl (C=O) groups excluding carboxylic acids is 1. The molecule has 8 nitrogen and oxygen atoms in total. The summed E-state index contributed by atoms with van der Waals surface area (Å²) < 4.78 is 0. The van der Waals surface area contributed by atoms with Gasteiger partial charge in [-0.15, -0.1) is 0 Å². The normalized spacial score (nSPS) is 11.9. The number of hydrogen-bond donors (Lipinski definition) is 3. The smallest absolute Gasteiger partial charge is 0.314 e. The van der Waals surface area contributed by atoms with Crippen LogP contribution in [0.1, 0.15) is 24.8 Å². The fourth-order valence-electron chi connectivity index (χ4n) is 2.06. The molecule has 1 atom stereocenters. The number of ketones is 1. The first-order chi connectivity index (χ1) is 10.4. The Hall–Kier alpha value is -2.48. The van der Waals surface area contributed by atoms with Crippen LogP contribution in [0.2, 0.25) is 0 Å². The van der Waals surface area contributed by atoms with Gasteiger partial charge in [-0.25, -0.2) is 0 Å². The van der Waals surface area contributed by atoms with E-state index in [1.807, 2.05) is 0 Å². The van der Waals surface area contributed by atoms with Gasteiger partial charge in [0.1, 0.15) is 5.92 Å². The maximum atomic E-state index is 12.1. The molecule has 1 aromatic rings. The Balaban J connectivity index is 2.83. The number of aromatic hydroxyl groups is 1. The molecule has 0 fully saturated rings. The number of unbranched alkanes of at least 4 members (excludes halogenated alkanes) is 1. The largest absolute Gasteiger partial charge is 0.502 e. The van der Waals surface area contributed by atoms with Gasteiger partial charge >= 0.3 is 11.7 Å². The molecule has 8 heteroatoms. The van der Waals surface area contributed by atoms with E-state index in [1.165, 1.54) is 6.07 Å². The number of phenolic OH excluding ortho intramolecular Hbond substituents is 1. The average molecular weight is 310 g/mol. The van der Waals surface area contributed by atoms with Crippen molar-refractivity contribution in [3.05, 3.63) is 33.9 Å². The quantitative estimate of drug-likeness (QED) is 0.269. The molecule has 0 aromatic heterocycles. The minimum atomic E-state index is -1.21. The summed E-state index contributed by atoms with van der Waals surface area (Å²) in [5, 5.41) is 29.2. The minimum absolute atomic E-state index is 0.186. The van der Waals surface area contributed by atoms with Crippen molar-refractivity contribution in [2.45, 2.75) is 25.7 Å². The van der Waals surface area contributed by atoms with Crippen LogP contribution in [-0.4, -0.2) is 33.4 Å². The summed E-state index contributed by atoms with van der Waals surface area (Å²) in [6.07, 6.45) is 1.10. The van der Waals surface area contributed by atoms with Crippen LogP contribution < -0.4 is 5.73 Å². The molecule has 0 bridgehead atoms. The highest BCUT2D eigenvalue weighted by Gasteiger charge is 2.26. The molecule has 1 rings (SSSR count). The van der Waals surface area contributed by atoms with Crippen LogP contribution in [0.15, 0.2) is 18.2 Å². The fraction of sp³-hybridized carbons (Fsp3) is 0.429. The molecule has 0 aliphatic carbocycles. The fourth-order valence-corrected chi connectivity index (χ4v) is 2.06. The summed E-state index contributed by atoms with van der Waals surface area (Å²) in [7, 11) is 0. The monoisotopic (exact) mass is 310 g/mol. The van der Waals surface area contributed by atoms with E-state index >= 15 is 0 Å². The molecule has 0 spiro atoms. The third kappa shape index (κ3) is 4.81. The number of carbonyl (C=O) groups is 2. The van der Waals surface area contributed by atoms with E-state index in [9.17, 15) is 24.8 Å². The van der Waals surface area contributed by atoms with E-state index in [-0.39, 0.29) is 12.8 Å². The maximum Gasteiger partial charge on any atom is 0.314 e. The predicted octanol–water partition coefficient (Wildman–Crippen LogP) is 1.24. The van der Waals surface area contributed by atoms with E-state index in [1.54, 1.807) is 0 Å². The number of nitro groups is 1. The zero-order chi connectivity index (χ0) is 16.7. The molecule has 1 unspecified atom stereocenters. The van der Waals surface area contributed by atoms with Crippen LogP contribution in [-0.2, 0) is 16.0 Å². The number of aliphatic carboxylic acids is 1. The number of carboxylic acids is 1. The second-order valence-corrected chi connectivity index (χ2v) is 4.90. The molecular weight excluding hydrogens is 292 g/mol. The molecule has 0 saturated heterocycles. The lowest BCUT2D eigenvalue weighted by atomic mass is 9.93. The molecule has 0 amide bonds. The molecular formula is C14H18N2O6. The number of nitro benzene ring substituents is 1. The molecule has 4 N–H and O–H groups in total. The standard InChI is InChI=1S/C14H18N2O6/c15-6-2-1-3-10(14(19)20)13(18)8-9-4-5-12(17)11(7-9)16(21)22/h4-5,7,10,17H,1-3,6,8,15H2,(H,19,20). The van der Waals surface area contributed by atoms with Gasteiger partial charge in [-0.1, -0.05) is 12.5 Å². The third-order valence-electron chi connectivity index (χ3n) is 3.25. The summed E-state index contributed by atoms with van der Waals surface area (Å²) >= 11 is 0. The number of carboxylic acid groups (broad SMARTS) is 1. The highest BCUT2D eigenvalue weighted by molar-refractivity contribution is 5.99. The zero-order valence-corrected chi connectivity index (χ0v) is 11.9. The van der Waals surface area contributed by atoms with Gasteiger partial charge in [0.25, 0.3) is 0 Å². The van der Waals surface area contributed by atoms with Gasteiger partial charge in [0.05, 0.1) is 4.92 Å². The lowest BCUT2D eigenvalue weighted by Gasteiger charge is -2.11. The van der Waals surface area contributed by atoms with Crippen LogP contribution in [0, 0.1) is 16.0 Å². The number of phenols is 1. The molecule has 120 valence electrons. The SMILES string of the molecule is NCCCCC(C(=O)O)C(=O)Cc1ccc(O)c([N+](=O)[O-])c1. The van der Waals surface area contributed by atoms with Gasteiger partial charge < -0.3 is 15.9 Å². The topological polar surface area (TPSA) is 144 Å². The van der Waals surface area contributed by atoms with Crippen molar-refractivity contribution in [3.8, 4) is 5.75 Å². The maximum absolute atomic E-state index is 12.1. The van der Waals surface area contributed by atoms with E-state index in [0.29, 0.717) is 24.9 Å². The second kappa shape index (κ2) is 8.08. The Bertz CT molecular complexity index is 572. The van der Waals surface area contributed by atoms with E-state index in [0.717, 1.165) is 12.1 Å². The van der Waals surface area contributed by atoms with Crippen LogP contribution >= 0.6 is 0 Å². The van der Waals surface area contributed by atoms with Crippen molar-refractivity contribution in [2.24, 2.45) is 11.7 Å². The molecule has 1 aromatic carbocycles. The predicted molar refractivity (Wildman–Crippen MR) is 77.5 cm³/mol. The first-order valence-corrected chi connectivity index (χ1v) is 6.78. The van der Waals surface area contributed by atoms with Crippen LogP contribution in [0.5, 0.6) is 5.75 Å². The molecule has 0 heterocycles. The Morgan fingerprint density at radius 2 is 2.00 bits per heavy atom. The number of nitrogens with zero attached hydrogens (tertiary/aromatic N) is 1. The number of nitrogens with two attached hydrogens (primary N) is 1. The first-order valence-electron chi connectivity index (χ1n) is 6.78. The third-order valence-corrected chi connectivity index (χ3v) is 3.25. The van der Waals surface area contributed by atoms with Gasteiger partial charge in [0, 0.05) is 12.5 Å². The zero-order valence-electron chi connectivity index (χ0n) is 11.9. The molecule has 0 radical (unpaired) electrons. The summed E-state index contributed by atoms with van der Waals surface area (Å²) in [6.45, 7) is 0.421. The van der Waals surface area contributed by atoms with Crippen molar-refractivity contribution >= 4 is 17.4 Å². The Morgan fingerprint density at radius 1 is 1.32 bits per heavy atom. The molecule has 0 aliphatic rings. The van der Waals surface area contributed by atoms with Crippen molar-refractivity contribution in [1.29, 1.82) is 0 Å². The average Bonchev–Trinajstić information content (AvgIpc) is 2.44. The van der Waals surface area contributed by atoms with Gasteiger partial charge in [0.15, 0.2) is 11.5 Å². The van der Waals surface area contributed by atoms with Gasteiger partial charge in [-0.3, -0.25) is 19.7 Å². The molecule has 0 aliphatic heterocycles. The van der Waals surface area contributed by atoms with E-state index < -0.39 is 34.0 Å². The van der Waals surface area contributed by atoms with Crippen molar-refractivity contribution in [3.63, 3.8) is 0 Å². The summed E-state index contributed by atoms with van der Waals surface area (Å²) in [5.74, 6) is -3.39. The number of Topliss-reactive ketones (excluding diaryl/α,β-unsaturated/α-hetero) is 1. The van der Waals surface area contributed by atoms with Crippen molar-refractivity contribution in [1.82, 2.24) is 0 Å². The van der Waals surface area contributed by atoms with Crippen LogP contribution in [0.3, 0.4) is 0 Å². The Morgan fingerprint density at radius 3 is 2.55 bits per heavy atom. The summed E-state index contributed by atoms with van der Waals surface area (Å²) in [6, 6.07) is 3.55. The van der Waals surface area contributed by atoms with Crippen molar-refractivity contribution in [2.75, 3.05) is 6.54 Å². The number of rotatable bonds is 9.